The Morgan fingerprint density at radius 1 is 0.909 bits per heavy atom. The summed E-state index contributed by atoms with van der Waals surface area (Å²) in [7, 11) is 0. The molecule has 1 unspecified atom stereocenters. The molecule has 0 radical (unpaired) electrons. The average Bonchev–Trinajstić information content (AvgIpc) is 3.29. The molecule has 6 rings (SSSR count). The number of hydrogen-bond donors (Lipinski definition) is 1. The molecule has 33 heavy (non-hydrogen) atoms. The van der Waals surface area contributed by atoms with Crippen molar-refractivity contribution in [1.29, 1.82) is 0 Å². The number of rotatable bonds is 3. The molecule has 1 atom stereocenters. The number of amides is 1. The number of aromatic nitrogens is 2. The summed E-state index contributed by atoms with van der Waals surface area (Å²) in [6.07, 6.45) is 3.56. The van der Waals surface area contributed by atoms with E-state index >= 15 is 0 Å². The Hall–Kier alpha value is -3.80. The zero-order chi connectivity index (χ0) is 22.5. The minimum Gasteiger partial charge on any atom is -0.336 e. The Kier molecular flexibility index (Phi) is 4.61. The number of aromatic amines is 1. The van der Waals surface area contributed by atoms with Crippen LogP contribution in [-0.2, 0) is 12.8 Å². The van der Waals surface area contributed by atoms with E-state index in [-0.39, 0.29) is 28.9 Å². The van der Waals surface area contributed by atoms with Crippen LogP contribution in [0.4, 0.5) is 0 Å². The molecule has 1 aliphatic carbocycles. The molecule has 1 saturated heterocycles. The van der Waals surface area contributed by atoms with Gasteiger partial charge >= 0.3 is 0 Å². The SMILES string of the molecule is O=C(c1ccc2c3c(cccc13)CC2)C1CCCN(C(=O)c2n[nH]c(=O)c3ccccc23)C1. The molecule has 1 fully saturated rings. The first-order valence-electron chi connectivity index (χ1n) is 11.5. The third-order valence-electron chi connectivity index (χ3n) is 7.12. The molecule has 1 aliphatic heterocycles. The molecule has 1 amide bonds. The van der Waals surface area contributed by atoms with E-state index in [4.69, 9.17) is 0 Å². The summed E-state index contributed by atoms with van der Waals surface area (Å²) < 4.78 is 0. The quantitative estimate of drug-likeness (QED) is 0.493. The summed E-state index contributed by atoms with van der Waals surface area (Å²) in [5, 5.41) is 9.74. The highest BCUT2D eigenvalue weighted by Gasteiger charge is 2.32. The predicted molar refractivity (Wildman–Crippen MR) is 127 cm³/mol. The molecule has 3 aromatic carbocycles. The van der Waals surface area contributed by atoms with Crippen molar-refractivity contribution in [2.45, 2.75) is 25.7 Å². The minimum absolute atomic E-state index is 0.0994. The first-order chi connectivity index (χ1) is 16.1. The van der Waals surface area contributed by atoms with E-state index in [1.165, 1.54) is 16.5 Å². The average molecular weight is 437 g/mol. The lowest BCUT2D eigenvalue weighted by atomic mass is 9.87. The van der Waals surface area contributed by atoms with E-state index in [1.54, 1.807) is 29.2 Å². The third-order valence-corrected chi connectivity index (χ3v) is 7.12. The Bertz CT molecular complexity index is 1490. The van der Waals surface area contributed by atoms with E-state index < -0.39 is 0 Å². The third kappa shape index (κ3) is 3.17. The van der Waals surface area contributed by atoms with E-state index in [1.807, 2.05) is 18.2 Å². The van der Waals surface area contributed by atoms with Gasteiger partial charge in [-0.3, -0.25) is 14.4 Å². The summed E-state index contributed by atoms with van der Waals surface area (Å²) in [6, 6.07) is 17.3. The second-order valence-corrected chi connectivity index (χ2v) is 9.01. The van der Waals surface area contributed by atoms with Crippen LogP contribution < -0.4 is 5.56 Å². The van der Waals surface area contributed by atoms with Crippen LogP contribution in [0.2, 0.25) is 0 Å². The van der Waals surface area contributed by atoms with E-state index in [9.17, 15) is 14.4 Å². The van der Waals surface area contributed by atoms with E-state index in [0.29, 0.717) is 23.9 Å². The molecule has 2 heterocycles. The largest absolute Gasteiger partial charge is 0.336 e. The van der Waals surface area contributed by atoms with Crippen molar-refractivity contribution in [2.75, 3.05) is 13.1 Å². The number of nitrogens with one attached hydrogen (secondary N) is 1. The van der Waals surface area contributed by atoms with Gasteiger partial charge in [-0.1, -0.05) is 48.5 Å². The van der Waals surface area contributed by atoms with Gasteiger partial charge in [-0.15, -0.1) is 0 Å². The maximum absolute atomic E-state index is 13.6. The Balaban J connectivity index is 1.32. The number of H-pyrrole nitrogens is 1. The maximum Gasteiger partial charge on any atom is 0.274 e. The van der Waals surface area contributed by atoms with Crippen molar-refractivity contribution in [3.05, 3.63) is 87.3 Å². The lowest BCUT2D eigenvalue weighted by molar-refractivity contribution is 0.0633. The van der Waals surface area contributed by atoms with Gasteiger partial charge in [-0.2, -0.15) is 5.10 Å². The number of likely N-dealkylation sites (tertiary alicyclic amines) is 1. The number of carbonyl (C=O) groups is 2. The van der Waals surface area contributed by atoms with Gasteiger partial charge in [0.15, 0.2) is 11.5 Å². The van der Waals surface area contributed by atoms with Crippen LogP contribution in [0, 0.1) is 5.92 Å². The fourth-order valence-electron chi connectivity index (χ4n) is 5.48. The van der Waals surface area contributed by atoms with Crippen LogP contribution in [0.1, 0.15) is 44.8 Å². The summed E-state index contributed by atoms with van der Waals surface area (Å²) >= 11 is 0. The summed E-state index contributed by atoms with van der Waals surface area (Å²) in [4.78, 5) is 40.8. The molecule has 0 bridgehead atoms. The number of aryl methyl sites for hydroxylation is 2. The summed E-state index contributed by atoms with van der Waals surface area (Å²) in [6.45, 7) is 0.928. The molecule has 1 N–H and O–H groups in total. The summed E-state index contributed by atoms with van der Waals surface area (Å²) in [5.74, 6) is -0.405. The second-order valence-electron chi connectivity index (χ2n) is 9.01. The van der Waals surface area contributed by atoms with Crippen molar-refractivity contribution in [2.24, 2.45) is 5.92 Å². The van der Waals surface area contributed by atoms with Crippen LogP contribution in [0.5, 0.6) is 0 Å². The number of ketones is 1. The number of Topliss-reactive ketones (excluding diaryl/α,β-unsaturated/α-hetero) is 1. The Morgan fingerprint density at radius 3 is 2.52 bits per heavy atom. The molecular weight excluding hydrogens is 414 g/mol. The highest BCUT2D eigenvalue weighted by Crippen LogP contribution is 2.34. The van der Waals surface area contributed by atoms with Gasteiger partial charge in [-0.05, 0) is 53.6 Å². The topological polar surface area (TPSA) is 83.1 Å². The van der Waals surface area contributed by atoms with Gasteiger partial charge in [0, 0.05) is 30.0 Å². The van der Waals surface area contributed by atoms with Gasteiger partial charge in [0.25, 0.3) is 11.5 Å². The Morgan fingerprint density at radius 2 is 1.67 bits per heavy atom. The van der Waals surface area contributed by atoms with Gasteiger partial charge in [0.1, 0.15) is 0 Å². The molecule has 6 nitrogen and oxygen atoms in total. The van der Waals surface area contributed by atoms with Gasteiger partial charge in [0.2, 0.25) is 0 Å². The van der Waals surface area contributed by atoms with Crippen molar-refractivity contribution >= 4 is 33.2 Å². The highest BCUT2D eigenvalue weighted by molar-refractivity contribution is 6.11. The van der Waals surface area contributed by atoms with Crippen molar-refractivity contribution in [1.82, 2.24) is 15.1 Å². The van der Waals surface area contributed by atoms with Gasteiger partial charge in [0.05, 0.1) is 5.39 Å². The molecule has 6 heteroatoms. The smallest absolute Gasteiger partial charge is 0.274 e. The van der Waals surface area contributed by atoms with Crippen LogP contribution in [-0.4, -0.2) is 39.9 Å². The highest BCUT2D eigenvalue weighted by atomic mass is 16.2. The first-order valence-corrected chi connectivity index (χ1v) is 11.5. The van der Waals surface area contributed by atoms with E-state index in [2.05, 4.69) is 22.3 Å². The van der Waals surface area contributed by atoms with Crippen LogP contribution >= 0.6 is 0 Å². The van der Waals surface area contributed by atoms with Crippen LogP contribution in [0.3, 0.4) is 0 Å². The number of nitrogens with zero attached hydrogens (tertiary/aromatic N) is 2. The normalized spacial score (nSPS) is 17.6. The molecule has 164 valence electrons. The second kappa shape index (κ2) is 7.66. The summed E-state index contributed by atoms with van der Waals surface area (Å²) in [5.41, 5.74) is 3.29. The lowest BCUT2D eigenvalue weighted by Gasteiger charge is -2.32. The van der Waals surface area contributed by atoms with Gasteiger partial charge < -0.3 is 4.90 Å². The monoisotopic (exact) mass is 437 g/mol. The van der Waals surface area contributed by atoms with Crippen LogP contribution in [0.15, 0.2) is 59.4 Å². The standard InChI is InChI=1S/C27H23N3O3/c31-25(21-13-12-17-11-10-16-5-3-9-19(21)23(16)17)18-6-4-14-30(15-18)27(33)24-20-7-1-2-8-22(20)26(32)29-28-24/h1-3,5,7-9,12-13,18H,4,6,10-11,14-15H2,(H,29,32). The number of fused-ring (bicyclic) bond motifs is 1. The Labute approximate surface area is 190 Å². The molecule has 2 aliphatic rings. The zero-order valence-corrected chi connectivity index (χ0v) is 18.1. The molecule has 4 aromatic rings. The maximum atomic E-state index is 13.6. The molecule has 1 aromatic heterocycles. The number of carbonyl (C=O) groups excluding carboxylic acids is 2. The number of hydrogen-bond acceptors (Lipinski definition) is 4. The van der Waals surface area contributed by atoms with Crippen molar-refractivity contribution in [3.8, 4) is 0 Å². The minimum atomic E-state index is -0.319. The molecule has 0 spiro atoms. The van der Waals surface area contributed by atoms with Crippen molar-refractivity contribution < 1.29 is 9.59 Å². The lowest BCUT2D eigenvalue weighted by Crippen LogP contribution is -2.43. The van der Waals surface area contributed by atoms with Crippen molar-refractivity contribution in [3.63, 3.8) is 0 Å². The number of benzene rings is 3. The zero-order valence-electron chi connectivity index (χ0n) is 18.1. The number of piperidine rings is 1. The van der Waals surface area contributed by atoms with Crippen LogP contribution in [0.25, 0.3) is 21.5 Å². The fourth-order valence-corrected chi connectivity index (χ4v) is 5.48. The van der Waals surface area contributed by atoms with E-state index in [0.717, 1.165) is 36.6 Å². The molecule has 0 saturated carbocycles. The first kappa shape index (κ1) is 19.9. The fraction of sp³-hybridized carbons (Fsp3) is 0.259. The van der Waals surface area contributed by atoms with Gasteiger partial charge in [-0.25, -0.2) is 5.10 Å². The predicted octanol–water partition coefficient (Wildman–Crippen LogP) is 3.91. The molecular formula is C27H23N3O3.